The Hall–Kier alpha value is -1.13. The van der Waals surface area contributed by atoms with E-state index in [1.54, 1.807) is 26.4 Å². The van der Waals surface area contributed by atoms with Gasteiger partial charge in [0.2, 0.25) is 0 Å². The zero-order valence-corrected chi connectivity index (χ0v) is 11.5. The summed E-state index contributed by atoms with van der Waals surface area (Å²) in [6, 6.07) is 3.04. The maximum Gasteiger partial charge on any atom is 0.131 e. The number of hydrogen-bond donors (Lipinski definition) is 2. The molecule has 0 saturated heterocycles. The third-order valence-corrected chi connectivity index (χ3v) is 3.18. The molecule has 1 fully saturated rings. The average Bonchev–Trinajstić information content (AvgIpc) is 3.11. The summed E-state index contributed by atoms with van der Waals surface area (Å²) in [4.78, 5) is 0. The summed E-state index contributed by atoms with van der Waals surface area (Å²) >= 11 is 0. The molecular weight excluding hydrogens is 254 g/mol. The fraction of sp³-hybridized carbons (Fsp3) is 0.538. The third kappa shape index (κ3) is 3.21. The summed E-state index contributed by atoms with van der Waals surface area (Å²) in [6.45, 7) is 0. The molecule has 0 unspecified atom stereocenters. The normalized spacial score (nSPS) is 15.7. The molecule has 0 bridgehead atoms. The quantitative estimate of drug-likeness (QED) is 0.866. The van der Waals surface area contributed by atoms with E-state index in [-0.39, 0.29) is 24.2 Å². The molecular formula is C13H20ClNO3. The van der Waals surface area contributed by atoms with Crippen LogP contribution in [0.15, 0.2) is 12.1 Å². The summed E-state index contributed by atoms with van der Waals surface area (Å²) in [5.41, 5.74) is 7.04. The number of methoxy groups -OCH3 is 2. The van der Waals surface area contributed by atoms with Crippen molar-refractivity contribution in [3.8, 4) is 17.2 Å². The van der Waals surface area contributed by atoms with Gasteiger partial charge in [0.25, 0.3) is 0 Å². The van der Waals surface area contributed by atoms with Crippen molar-refractivity contribution in [3.63, 3.8) is 0 Å². The molecule has 18 heavy (non-hydrogen) atoms. The van der Waals surface area contributed by atoms with E-state index in [0.717, 1.165) is 17.9 Å². The van der Waals surface area contributed by atoms with Crippen molar-refractivity contribution >= 4 is 12.4 Å². The lowest BCUT2D eigenvalue weighted by molar-refractivity contribution is 0.367. The number of nitrogens with two attached hydrogens (primary N) is 1. The monoisotopic (exact) mass is 273 g/mol. The van der Waals surface area contributed by atoms with Crippen molar-refractivity contribution in [1.82, 2.24) is 0 Å². The minimum atomic E-state index is -0.104. The fourth-order valence-corrected chi connectivity index (χ4v) is 2.12. The zero-order chi connectivity index (χ0) is 12.4. The second kappa shape index (κ2) is 6.16. The summed E-state index contributed by atoms with van der Waals surface area (Å²) in [5, 5.41) is 9.56. The van der Waals surface area contributed by atoms with Gasteiger partial charge in [0.1, 0.15) is 17.2 Å². The topological polar surface area (TPSA) is 64.7 Å². The van der Waals surface area contributed by atoms with Crippen molar-refractivity contribution in [2.45, 2.75) is 25.3 Å². The highest BCUT2D eigenvalue weighted by atomic mass is 35.5. The van der Waals surface area contributed by atoms with Crippen LogP contribution in [0.4, 0.5) is 0 Å². The van der Waals surface area contributed by atoms with E-state index in [4.69, 9.17) is 15.2 Å². The van der Waals surface area contributed by atoms with Gasteiger partial charge in [-0.15, -0.1) is 12.4 Å². The number of halogens is 1. The number of ether oxygens (including phenoxy) is 2. The van der Waals surface area contributed by atoms with E-state index < -0.39 is 0 Å². The van der Waals surface area contributed by atoms with E-state index in [1.165, 1.54) is 12.8 Å². The minimum absolute atomic E-state index is 0. The molecule has 0 amide bonds. The first-order valence-corrected chi connectivity index (χ1v) is 5.86. The molecule has 1 aliphatic carbocycles. The van der Waals surface area contributed by atoms with Gasteiger partial charge in [-0.25, -0.2) is 0 Å². The molecule has 0 aromatic heterocycles. The van der Waals surface area contributed by atoms with E-state index in [9.17, 15) is 5.11 Å². The Morgan fingerprint density at radius 2 is 1.78 bits per heavy atom. The Labute approximate surface area is 113 Å². The third-order valence-electron chi connectivity index (χ3n) is 3.18. The molecule has 0 radical (unpaired) electrons. The second-order valence-corrected chi connectivity index (χ2v) is 4.55. The highest BCUT2D eigenvalue weighted by molar-refractivity contribution is 5.85. The summed E-state index contributed by atoms with van der Waals surface area (Å²) in [6.07, 6.45) is 3.46. The van der Waals surface area contributed by atoms with Gasteiger partial charge in [-0.05, 0) is 12.3 Å². The first-order chi connectivity index (χ1) is 8.15. The number of phenols is 1. The maximum absolute atomic E-state index is 9.56. The van der Waals surface area contributed by atoms with Gasteiger partial charge in [-0.2, -0.15) is 0 Å². The molecule has 1 aliphatic rings. The van der Waals surface area contributed by atoms with Crippen molar-refractivity contribution in [1.29, 1.82) is 0 Å². The van der Waals surface area contributed by atoms with E-state index in [2.05, 4.69) is 0 Å². The van der Waals surface area contributed by atoms with Crippen LogP contribution in [-0.2, 0) is 0 Å². The van der Waals surface area contributed by atoms with Gasteiger partial charge in [0, 0.05) is 18.2 Å². The Morgan fingerprint density at radius 3 is 2.17 bits per heavy atom. The number of aromatic hydroxyl groups is 1. The lowest BCUT2D eigenvalue weighted by Crippen LogP contribution is -2.13. The highest BCUT2D eigenvalue weighted by Gasteiger charge is 2.27. The number of phenolic OH excluding ortho intramolecular Hbond substituents is 1. The molecule has 0 spiro atoms. The van der Waals surface area contributed by atoms with Crippen LogP contribution in [0.1, 0.15) is 30.9 Å². The lowest BCUT2D eigenvalue weighted by Gasteiger charge is -2.19. The zero-order valence-electron chi connectivity index (χ0n) is 10.7. The summed E-state index contributed by atoms with van der Waals surface area (Å²) in [5.74, 6) is 2.04. The van der Waals surface area contributed by atoms with Crippen molar-refractivity contribution in [3.05, 3.63) is 17.7 Å². The molecule has 2 rings (SSSR count). The van der Waals surface area contributed by atoms with Crippen molar-refractivity contribution < 1.29 is 14.6 Å². The predicted molar refractivity (Wildman–Crippen MR) is 72.7 cm³/mol. The number of hydrogen-bond acceptors (Lipinski definition) is 4. The first kappa shape index (κ1) is 14.9. The number of benzene rings is 1. The smallest absolute Gasteiger partial charge is 0.131 e. The molecule has 3 N–H and O–H groups in total. The Balaban J connectivity index is 0.00000162. The molecule has 1 atom stereocenters. The van der Waals surface area contributed by atoms with E-state index in [1.807, 2.05) is 0 Å². The van der Waals surface area contributed by atoms with Crippen LogP contribution in [0.25, 0.3) is 0 Å². The van der Waals surface area contributed by atoms with Crippen LogP contribution in [0.5, 0.6) is 17.2 Å². The van der Waals surface area contributed by atoms with Gasteiger partial charge >= 0.3 is 0 Å². The van der Waals surface area contributed by atoms with Crippen LogP contribution >= 0.6 is 12.4 Å². The molecule has 1 aromatic carbocycles. The maximum atomic E-state index is 9.56. The number of rotatable bonds is 5. The Bertz CT molecular complexity index is 382. The molecule has 102 valence electrons. The van der Waals surface area contributed by atoms with Crippen LogP contribution in [0.2, 0.25) is 0 Å². The van der Waals surface area contributed by atoms with Gasteiger partial charge in [-0.3, -0.25) is 0 Å². The van der Waals surface area contributed by atoms with Crippen LogP contribution in [0.3, 0.4) is 0 Å². The Morgan fingerprint density at radius 1 is 1.28 bits per heavy atom. The summed E-state index contributed by atoms with van der Waals surface area (Å²) < 4.78 is 10.5. The molecule has 5 heteroatoms. The molecule has 1 saturated carbocycles. The molecule has 1 aromatic rings. The Kier molecular flexibility index (Phi) is 5.11. The highest BCUT2D eigenvalue weighted by Crippen LogP contribution is 2.43. The SMILES string of the molecule is COc1cc(O)cc(OC)c1[C@@H](N)CC1CC1.Cl. The van der Waals surface area contributed by atoms with Crippen LogP contribution in [-0.4, -0.2) is 19.3 Å². The van der Waals surface area contributed by atoms with Gasteiger partial charge in [-0.1, -0.05) is 12.8 Å². The van der Waals surface area contributed by atoms with E-state index >= 15 is 0 Å². The standard InChI is InChI=1S/C13H19NO3.ClH/c1-16-11-6-9(15)7-12(17-2)13(11)10(14)5-8-3-4-8;/h6-8,10,15H,3-5,14H2,1-2H3;1H/t10-;/m0./s1. The van der Waals surface area contributed by atoms with Crippen LogP contribution in [0, 0.1) is 5.92 Å². The minimum Gasteiger partial charge on any atom is -0.508 e. The fourth-order valence-electron chi connectivity index (χ4n) is 2.12. The van der Waals surface area contributed by atoms with Gasteiger partial charge in [0.15, 0.2) is 0 Å². The lowest BCUT2D eigenvalue weighted by atomic mass is 9.99. The van der Waals surface area contributed by atoms with Gasteiger partial charge < -0.3 is 20.3 Å². The average molecular weight is 274 g/mol. The van der Waals surface area contributed by atoms with Crippen molar-refractivity contribution in [2.24, 2.45) is 11.7 Å². The predicted octanol–water partition coefficient (Wildman–Crippen LogP) is 2.63. The van der Waals surface area contributed by atoms with Crippen molar-refractivity contribution in [2.75, 3.05) is 14.2 Å². The van der Waals surface area contributed by atoms with Crippen LogP contribution < -0.4 is 15.2 Å². The first-order valence-electron chi connectivity index (χ1n) is 5.86. The van der Waals surface area contributed by atoms with Gasteiger partial charge in [0.05, 0.1) is 19.8 Å². The largest absolute Gasteiger partial charge is 0.508 e. The summed E-state index contributed by atoms with van der Waals surface area (Å²) in [7, 11) is 3.14. The molecule has 4 nitrogen and oxygen atoms in total. The molecule has 0 heterocycles. The van der Waals surface area contributed by atoms with E-state index in [0.29, 0.717) is 11.5 Å². The molecule has 0 aliphatic heterocycles. The second-order valence-electron chi connectivity index (χ2n) is 4.55.